The molecule has 0 aliphatic heterocycles. The van der Waals surface area contributed by atoms with Gasteiger partial charge in [-0.3, -0.25) is 4.79 Å². The molecule has 21 heavy (non-hydrogen) atoms. The summed E-state index contributed by atoms with van der Waals surface area (Å²) in [7, 11) is 0. The number of thiazole rings is 1. The monoisotopic (exact) mass is 311 g/mol. The summed E-state index contributed by atoms with van der Waals surface area (Å²) in [6.45, 7) is 0.960. The highest BCUT2D eigenvalue weighted by Gasteiger charge is 2.30. The molecule has 1 saturated carbocycles. The van der Waals surface area contributed by atoms with Crippen LogP contribution in [0.4, 0.5) is 4.79 Å². The number of carboxylic acids is 1. The van der Waals surface area contributed by atoms with Crippen molar-refractivity contribution in [1.29, 1.82) is 0 Å². The smallest absolute Gasteiger partial charge is 0.314 e. The van der Waals surface area contributed by atoms with Gasteiger partial charge in [-0.05, 0) is 18.8 Å². The Hall–Kier alpha value is -1.63. The van der Waals surface area contributed by atoms with E-state index in [2.05, 4.69) is 15.6 Å². The molecule has 0 radical (unpaired) electrons. The van der Waals surface area contributed by atoms with E-state index in [-0.39, 0.29) is 17.9 Å². The zero-order valence-corrected chi connectivity index (χ0v) is 12.7. The molecule has 0 spiro atoms. The predicted octanol–water partition coefficient (Wildman–Crippen LogP) is 1.88. The van der Waals surface area contributed by atoms with Crippen LogP contribution >= 0.6 is 11.3 Å². The number of carboxylic acid groups (broad SMARTS) is 1. The Kier molecular flexibility index (Phi) is 5.98. The number of hydrogen-bond donors (Lipinski definition) is 3. The first-order chi connectivity index (χ1) is 10.2. The van der Waals surface area contributed by atoms with Gasteiger partial charge in [-0.2, -0.15) is 0 Å². The Morgan fingerprint density at radius 2 is 2.14 bits per heavy atom. The molecule has 1 heterocycles. The minimum Gasteiger partial charge on any atom is -0.481 e. The standard InChI is InChI=1S/C14H21N3O3S/c18-13(19)12-4-2-1-3-10(12)7-16-14(20)15-6-5-11-8-21-9-17-11/h8-10,12H,1-7H2,(H,18,19)(H2,15,16,20). The van der Waals surface area contributed by atoms with Crippen LogP contribution < -0.4 is 10.6 Å². The number of hydrogen-bond acceptors (Lipinski definition) is 4. The van der Waals surface area contributed by atoms with Gasteiger partial charge in [0.25, 0.3) is 0 Å². The lowest BCUT2D eigenvalue weighted by Gasteiger charge is -2.28. The largest absolute Gasteiger partial charge is 0.481 e. The Bertz CT molecular complexity index is 464. The second-order valence-corrected chi connectivity index (χ2v) is 6.07. The van der Waals surface area contributed by atoms with Crippen molar-refractivity contribution in [2.75, 3.05) is 13.1 Å². The van der Waals surface area contributed by atoms with Crippen LogP contribution in [0.15, 0.2) is 10.9 Å². The van der Waals surface area contributed by atoms with E-state index < -0.39 is 5.97 Å². The van der Waals surface area contributed by atoms with E-state index >= 15 is 0 Å². The molecule has 1 aliphatic rings. The van der Waals surface area contributed by atoms with Crippen molar-refractivity contribution in [1.82, 2.24) is 15.6 Å². The summed E-state index contributed by atoms with van der Waals surface area (Å²) in [5.74, 6) is -1.03. The first kappa shape index (κ1) is 15.8. The first-order valence-corrected chi connectivity index (χ1v) is 8.22. The number of nitrogens with one attached hydrogen (secondary N) is 2. The molecule has 6 nitrogen and oxygen atoms in total. The number of nitrogens with zero attached hydrogens (tertiary/aromatic N) is 1. The summed E-state index contributed by atoms with van der Waals surface area (Å²) in [6.07, 6.45) is 4.30. The maximum absolute atomic E-state index is 11.7. The van der Waals surface area contributed by atoms with E-state index in [0.717, 1.165) is 25.0 Å². The van der Waals surface area contributed by atoms with Crippen LogP contribution in [0.1, 0.15) is 31.4 Å². The maximum atomic E-state index is 11.7. The maximum Gasteiger partial charge on any atom is 0.314 e. The lowest BCUT2D eigenvalue weighted by molar-refractivity contribution is -0.144. The highest BCUT2D eigenvalue weighted by Crippen LogP contribution is 2.29. The number of aromatic nitrogens is 1. The fourth-order valence-electron chi connectivity index (χ4n) is 2.73. The van der Waals surface area contributed by atoms with Crippen molar-refractivity contribution < 1.29 is 14.7 Å². The third-order valence-electron chi connectivity index (χ3n) is 3.90. The second kappa shape index (κ2) is 7.97. The Labute approximate surface area is 128 Å². The molecule has 3 N–H and O–H groups in total. The zero-order valence-electron chi connectivity index (χ0n) is 11.9. The summed E-state index contributed by atoms with van der Waals surface area (Å²) in [5.41, 5.74) is 2.74. The van der Waals surface area contributed by atoms with Gasteiger partial charge in [0.05, 0.1) is 17.1 Å². The Morgan fingerprint density at radius 3 is 2.86 bits per heavy atom. The van der Waals surface area contributed by atoms with Crippen molar-refractivity contribution in [3.8, 4) is 0 Å². The van der Waals surface area contributed by atoms with E-state index in [1.807, 2.05) is 5.38 Å². The third-order valence-corrected chi connectivity index (χ3v) is 4.54. The van der Waals surface area contributed by atoms with Crippen molar-refractivity contribution >= 4 is 23.3 Å². The van der Waals surface area contributed by atoms with Gasteiger partial charge in [0.2, 0.25) is 0 Å². The number of urea groups is 1. The van der Waals surface area contributed by atoms with Gasteiger partial charge in [-0.1, -0.05) is 12.8 Å². The van der Waals surface area contributed by atoms with Crippen LogP contribution in [0, 0.1) is 11.8 Å². The van der Waals surface area contributed by atoms with Crippen LogP contribution in [0.3, 0.4) is 0 Å². The van der Waals surface area contributed by atoms with E-state index in [1.165, 1.54) is 11.3 Å². The molecule has 0 bridgehead atoms. The number of aliphatic carboxylic acids is 1. The number of carbonyl (C=O) groups is 2. The lowest BCUT2D eigenvalue weighted by Crippen LogP contribution is -2.42. The molecule has 0 saturated heterocycles. The van der Waals surface area contributed by atoms with Gasteiger partial charge in [-0.15, -0.1) is 11.3 Å². The fraction of sp³-hybridized carbons (Fsp3) is 0.643. The van der Waals surface area contributed by atoms with Crippen LogP contribution in [-0.2, 0) is 11.2 Å². The molecule has 2 rings (SSSR count). The molecule has 1 aliphatic carbocycles. The highest BCUT2D eigenvalue weighted by atomic mass is 32.1. The SMILES string of the molecule is O=C(NCCc1cscn1)NCC1CCCCC1C(=O)O. The Balaban J connectivity index is 1.66. The van der Waals surface area contributed by atoms with Crippen LogP contribution in [0.2, 0.25) is 0 Å². The normalized spacial score (nSPS) is 21.7. The van der Waals surface area contributed by atoms with Gasteiger partial charge >= 0.3 is 12.0 Å². The molecule has 1 fully saturated rings. The van der Waals surface area contributed by atoms with Gasteiger partial charge in [0, 0.05) is 24.9 Å². The molecule has 2 amide bonds. The third kappa shape index (κ3) is 5.00. The van der Waals surface area contributed by atoms with Crippen molar-refractivity contribution in [3.63, 3.8) is 0 Å². The molecule has 1 aromatic heterocycles. The highest BCUT2D eigenvalue weighted by molar-refractivity contribution is 7.07. The molecule has 7 heteroatoms. The summed E-state index contributed by atoms with van der Waals surface area (Å²) in [6, 6.07) is -0.236. The summed E-state index contributed by atoms with van der Waals surface area (Å²) >= 11 is 1.54. The number of carbonyl (C=O) groups excluding carboxylic acids is 1. The van der Waals surface area contributed by atoms with E-state index in [1.54, 1.807) is 5.51 Å². The van der Waals surface area contributed by atoms with E-state index in [9.17, 15) is 14.7 Å². The summed E-state index contributed by atoms with van der Waals surface area (Å²) in [5, 5.41) is 16.7. The average Bonchev–Trinajstić information content (AvgIpc) is 2.98. The molecule has 0 aromatic carbocycles. The lowest BCUT2D eigenvalue weighted by atomic mass is 9.79. The van der Waals surface area contributed by atoms with E-state index in [4.69, 9.17) is 0 Å². The average molecular weight is 311 g/mol. The van der Waals surface area contributed by atoms with Crippen LogP contribution in [-0.4, -0.2) is 35.2 Å². The topological polar surface area (TPSA) is 91.3 Å². The summed E-state index contributed by atoms with van der Waals surface area (Å²) in [4.78, 5) is 27.0. The fourth-order valence-corrected chi connectivity index (χ4v) is 3.32. The second-order valence-electron chi connectivity index (χ2n) is 5.36. The van der Waals surface area contributed by atoms with Crippen LogP contribution in [0.5, 0.6) is 0 Å². The Morgan fingerprint density at radius 1 is 1.33 bits per heavy atom. The molecular weight excluding hydrogens is 290 g/mol. The quantitative estimate of drug-likeness (QED) is 0.748. The van der Waals surface area contributed by atoms with Gasteiger partial charge in [0.15, 0.2) is 0 Å². The van der Waals surface area contributed by atoms with Gasteiger partial charge < -0.3 is 15.7 Å². The van der Waals surface area contributed by atoms with E-state index in [0.29, 0.717) is 25.9 Å². The minimum absolute atomic E-state index is 0.0422. The van der Waals surface area contributed by atoms with Gasteiger partial charge in [-0.25, -0.2) is 9.78 Å². The van der Waals surface area contributed by atoms with Crippen molar-refractivity contribution in [3.05, 3.63) is 16.6 Å². The predicted molar refractivity (Wildman–Crippen MR) is 80.3 cm³/mol. The minimum atomic E-state index is -0.745. The first-order valence-electron chi connectivity index (χ1n) is 7.28. The zero-order chi connectivity index (χ0) is 15.1. The molecule has 2 unspecified atom stereocenters. The molecular formula is C14H21N3O3S. The molecule has 1 aromatic rings. The number of rotatable bonds is 6. The van der Waals surface area contributed by atoms with Crippen LogP contribution in [0.25, 0.3) is 0 Å². The van der Waals surface area contributed by atoms with Crippen molar-refractivity contribution in [2.45, 2.75) is 32.1 Å². The van der Waals surface area contributed by atoms with Crippen molar-refractivity contribution in [2.24, 2.45) is 11.8 Å². The summed E-state index contributed by atoms with van der Waals surface area (Å²) < 4.78 is 0. The van der Waals surface area contributed by atoms with Gasteiger partial charge in [0.1, 0.15) is 0 Å². The molecule has 116 valence electrons. The number of amides is 2. The molecule has 2 atom stereocenters.